The molecule has 0 bridgehead atoms. The normalized spacial score (nSPS) is 14.8. The molecule has 0 spiro atoms. The summed E-state index contributed by atoms with van der Waals surface area (Å²) < 4.78 is 3.34. The van der Waals surface area contributed by atoms with Crippen LogP contribution in [0.15, 0.2) is 22.7 Å². The molecule has 0 saturated heterocycles. The van der Waals surface area contributed by atoms with Gasteiger partial charge in [-0.2, -0.15) is 11.8 Å². The Balaban J connectivity index is 2.51. The van der Waals surface area contributed by atoms with Crippen LogP contribution in [0.2, 0.25) is 0 Å². The fourth-order valence-corrected chi connectivity index (χ4v) is 3.33. The first-order valence-electron chi connectivity index (χ1n) is 6.35. The van der Waals surface area contributed by atoms with Gasteiger partial charge in [-0.3, -0.25) is 0 Å². The van der Waals surface area contributed by atoms with Crippen molar-refractivity contribution in [1.29, 1.82) is 0 Å². The van der Waals surface area contributed by atoms with Crippen LogP contribution in [0, 0.1) is 0 Å². The van der Waals surface area contributed by atoms with Gasteiger partial charge < -0.3 is 4.57 Å². The fourth-order valence-electron chi connectivity index (χ4n) is 2.25. The van der Waals surface area contributed by atoms with Gasteiger partial charge in [0.2, 0.25) is 0 Å². The van der Waals surface area contributed by atoms with E-state index >= 15 is 0 Å². The maximum Gasteiger partial charge on any atom is 0.127 e. The Hall–Kier alpha value is -0.190. The number of thioether (sulfide) groups is 1. The van der Waals surface area contributed by atoms with Crippen LogP contribution >= 0.6 is 39.3 Å². The molecular weight excluding hydrogens is 344 g/mol. The highest BCUT2D eigenvalue weighted by atomic mass is 79.9. The monoisotopic (exact) mass is 360 g/mol. The van der Waals surface area contributed by atoms with Crippen LogP contribution in [0.4, 0.5) is 0 Å². The van der Waals surface area contributed by atoms with Crippen molar-refractivity contribution < 1.29 is 0 Å². The second-order valence-corrected chi connectivity index (χ2v) is 7.28. The molecule has 2 nitrogen and oxygen atoms in total. The molecule has 1 aromatic heterocycles. The summed E-state index contributed by atoms with van der Waals surface area (Å²) in [7, 11) is 0. The van der Waals surface area contributed by atoms with Gasteiger partial charge >= 0.3 is 0 Å². The number of imidazole rings is 1. The SMILES string of the molecule is CSCCC(C)n1c(C(C)Cl)nc2cc(Br)ccc21. The zero-order valence-electron chi connectivity index (χ0n) is 11.4. The Morgan fingerprint density at radius 2 is 2.16 bits per heavy atom. The summed E-state index contributed by atoms with van der Waals surface area (Å²) in [5.74, 6) is 2.11. The predicted molar refractivity (Wildman–Crippen MR) is 89.4 cm³/mol. The molecule has 0 aliphatic carbocycles. The third-order valence-corrected chi connectivity index (χ3v) is 4.55. The second-order valence-electron chi connectivity index (χ2n) is 4.72. The van der Waals surface area contributed by atoms with Crippen LogP contribution in [-0.2, 0) is 0 Å². The van der Waals surface area contributed by atoms with E-state index in [1.54, 1.807) is 0 Å². The standard InChI is InChI=1S/C14H18BrClN2S/c1-9(6-7-19-3)18-13-5-4-11(15)8-12(13)17-14(18)10(2)16/h4-5,8-10H,6-7H2,1-3H3. The molecule has 0 N–H and O–H groups in total. The summed E-state index contributed by atoms with van der Waals surface area (Å²) in [5.41, 5.74) is 2.17. The van der Waals surface area contributed by atoms with Crippen molar-refractivity contribution in [1.82, 2.24) is 9.55 Å². The van der Waals surface area contributed by atoms with E-state index in [1.807, 2.05) is 18.7 Å². The third-order valence-electron chi connectivity index (χ3n) is 3.22. The van der Waals surface area contributed by atoms with E-state index in [9.17, 15) is 0 Å². The van der Waals surface area contributed by atoms with Crippen LogP contribution in [0.5, 0.6) is 0 Å². The number of fused-ring (bicyclic) bond motifs is 1. The number of halogens is 2. The van der Waals surface area contributed by atoms with Crippen LogP contribution in [-0.4, -0.2) is 21.6 Å². The third kappa shape index (κ3) is 3.29. The zero-order valence-corrected chi connectivity index (χ0v) is 14.5. The highest BCUT2D eigenvalue weighted by Crippen LogP contribution is 2.30. The molecule has 0 saturated carbocycles. The van der Waals surface area contributed by atoms with Gasteiger partial charge in [-0.15, -0.1) is 11.6 Å². The molecule has 0 aliphatic heterocycles. The summed E-state index contributed by atoms with van der Waals surface area (Å²) in [4.78, 5) is 4.70. The highest BCUT2D eigenvalue weighted by molar-refractivity contribution is 9.10. The smallest absolute Gasteiger partial charge is 0.127 e. The molecule has 0 radical (unpaired) electrons. The average Bonchev–Trinajstić information content (AvgIpc) is 2.74. The van der Waals surface area contributed by atoms with Crippen LogP contribution in [0.3, 0.4) is 0 Å². The van der Waals surface area contributed by atoms with Gasteiger partial charge in [0.15, 0.2) is 0 Å². The number of hydrogen-bond donors (Lipinski definition) is 0. The van der Waals surface area contributed by atoms with Crippen molar-refractivity contribution in [2.45, 2.75) is 31.7 Å². The van der Waals surface area contributed by atoms with Crippen molar-refractivity contribution in [3.63, 3.8) is 0 Å². The number of alkyl halides is 1. The van der Waals surface area contributed by atoms with Gasteiger partial charge in [0.05, 0.1) is 16.4 Å². The Kier molecular flexibility index (Phi) is 5.21. The first-order chi connectivity index (χ1) is 9.04. The van der Waals surface area contributed by atoms with Crippen LogP contribution in [0.25, 0.3) is 11.0 Å². The molecule has 5 heteroatoms. The molecule has 0 aliphatic rings. The first kappa shape index (κ1) is 15.2. The van der Waals surface area contributed by atoms with E-state index in [0.29, 0.717) is 6.04 Å². The minimum Gasteiger partial charge on any atom is -0.324 e. The lowest BCUT2D eigenvalue weighted by molar-refractivity contribution is 0.526. The molecule has 2 unspecified atom stereocenters. The summed E-state index contributed by atoms with van der Waals surface area (Å²) in [6.45, 7) is 4.22. The Bertz CT molecular complexity index is 568. The van der Waals surface area contributed by atoms with Crippen molar-refractivity contribution in [2.75, 3.05) is 12.0 Å². The first-order valence-corrected chi connectivity index (χ1v) is 8.97. The molecule has 1 aromatic carbocycles. The Labute approximate surface area is 132 Å². The minimum absolute atomic E-state index is 0.0806. The van der Waals surface area contributed by atoms with Crippen molar-refractivity contribution in [3.05, 3.63) is 28.5 Å². The van der Waals surface area contributed by atoms with Gasteiger partial charge in [0.25, 0.3) is 0 Å². The molecule has 2 rings (SSSR count). The van der Waals surface area contributed by atoms with Gasteiger partial charge in [-0.25, -0.2) is 4.98 Å². The van der Waals surface area contributed by atoms with Crippen molar-refractivity contribution in [2.24, 2.45) is 0 Å². The Morgan fingerprint density at radius 3 is 2.79 bits per heavy atom. The Morgan fingerprint density at radius 1 is 1.42 bits per heavy atom. The second kappa shape index (κ2) is 6.51. The molecule has 2 atom stereocenters. The maximum atomic E-state index is 6.30. The van der Waals surface area contributed by atoms with Crippen LogP contribution in [0.1, 0.15) is 37.5 Å². The summed E-state index contributed by atoms with van der Waals surface area (Å²) >= 11 is 11.7. The molecule has 19 heavy (non-hydrogen) atoms. The minimum atomic E-state index is -0.0806. The lowest BCUT2D eigenvalue weighted by Gasteiger charge is -2.18. The summed E-state index contributed by atoms with van der Waals surface area (Å²) in [6.07, 6.45) is 3.26. The average molecular weight is 362 g/mol. The highest BCUT2D eigenvalue weighted by Gasteiger charge is 2.18. The summed E-state index contributed by atoms with van der Waals surface area (Å²) in [5, 5.41) is -0.0806. The molecule has 2 aromatic rings. The van der Waals surface area contributed by atoms with Gasteiger partial charge in [-0.05, 0) is 50.5 Å². The number of aromatic nitrogens is 2. The number of rotatable bonds is 5. The predicted octanol–water partition coefficient (Wildman–Crippen LogP) is 5.41. The lowest BCUT2D eigenvalue weighted by atomic mass is 10.2. The zero-order chi connectivity index (χ0) is 14.0. The van der Waals surface area contributed by atoms with E-state index in [2.05, 4.69) is 51.9 Å². The van der Waals surface area contributed by atoms with Gasteiger partial charge in [-0.1, -0.05) is 15.9 Å². The van der Waals surface area contributed by atoms with Gasteiger partial charge in [0, 0.05) is 10.5 Å². The molecule has 104 valence electrons. The molecule has 0 amide bonds. The summed E-state index contributed by atoms with van der Waals surface area (Å²) in [6, 6.07) is 6.64. The molecule has 0 fully saturated rings. The number of nitrogens with zero attached hydrogens (tertiary/aromatic N) is 2. The van der Waals surface area contributed by atoms with E-state index < -0.39 is 0 Å². The van der Waals surface area contributed by atoms with E-state index in [4.69, 9.17) is 16.6 Å². The topological polar surface area (TPSA) is 17.8 Å². The maximum absolute atomic E-state index is 6.30. The van der Waals surface area contributed by atoms with Crippen molar-refractivity contribution in [3.8, 4) is 0 Å². The lowest BCUT2D eigenvalue weighted by Crippen LogP contribution is -2.10. The molecular formula is C14H18BrClN2S. The molecule has 1 heterocycles. The van der Waals surface area contributed by atoms with Gasteiger partial charge in [0.1, 0.15) is 5.82 Å². The number of hydrogen-bond acceptors (Lipinski definition) is 2. The van der Waals surface area contributed by atoms with E-state index in [-0.39, 0.29) is 5.38 Å². The fraction of sp³-hybridized carbons (Fsp3) is 0.500. The van der Waals surface area contributed by atoms with E-state index in [0.717, 1.165) is 28.0 Å². The quantitative estimate of drug-likeness (QED) is 0.662. The largest absolute Gasteiger partial charge is 0.324 e. The number of benzene rings is 1. The van der Waals surface area contributed by atoms with Crippen LogP contribution < -0.4 is 0 Å². The van der Waals surface area contributed by atoms with E-state index in [1.165, 1.54) is 5.52 Å². The van der Waals surface area contributed by atoms with Crippen molar-refractivity contribution >= 4 is 50.3 Å².